The number of carbonyl (C=O) groups is 3. The van der Waals surface area contributed by atoms with Gasteiger partial charge in [0.05, 0.1) is 10.4 Å². The van der Waals surface area contributed by atoms with Crippen LogP contribution in [-0.2, 0) is 26.7 Å². The van der Waals surface area contributed by atoms with E-state index in [0.29, 0.717) is 6.42 Å². The number of carbonyl (C=O) groups excluding carboxylic acids is 2. The first kappa shape index (κ1) is 20.3. The summed E-state index contributed by atoms with van der Waals surface area (Å²) in [6.07, 6.45) is 0.514. The third-order valence-electron chi connectivity index (χ3n) is 4.59. The minimum Gasteiger partial charge on any atom is -0.506 e. The summed E-state index contributed by atoms with van der Waals surface area (Å²) in [4.78, 5) is 46.8. The Kier molecular flexibility index (Phi) is 5.05. The van der Waals surface area contributed by atoms with Gasteiger partial charge >= 0.3 is 5.97 Å². The van der Waals surface area contributed by atoms with E-state index < -0.39 is 51.2 Å². The Morgan fingerprint density at radius 1 is 1.24 bits per heavy atom. The van der Waals surface area contributed by atoms with Crippen molar-refractivity contribution in [1.82, 2.24) is 14.2 Å². The highest BCUT2D eigenvalue weighted by atomic mass is 32.2. The van der Waals surface area contributed by atoms with Crippen molar-refractivity contribution in [2.24, 2.45) is 7.05 Å². The van der Waals surface area contributed by atoms with Gasteiger partial charge in [-0.05, 0) is 24.6 Å². The number of nitrogens with zero attached hydrogens (tertiary/aromatic N) is 2. The van der Waals surface area contributed by atoms with Crippen LogP contribution >= 0.6 is 0 Å². The van der Waals surface area contributed by atoms with Crippen LogP contribution in [0, 0.1) is 0 Å². The zero-order valence-electron chi connectivity index (χ0n) is 15.2. The van der Waals surface area contributed by atoms with Crippen LogP contribution in [0.1, 0.15) is 23.2 Å². The largest absolute Gasteiger partial charge is 0.506 e. The normalized spacial score (nSPS) is 14.4. The Morgan fingerprint density at radius 2 is 1.93 bits per heavy atom. The minimum atomic E-state index is -4.17. The Labute approximate surface area is 164 Å². The molecule has 29 heavy (non-hydrogen) atoms. The molecule has 1 fully saturated rings. The van der Waals surface area contributed by atoms with E-state index in [4.69, 9.17) is 5.11 Å². The number of aliphatic carboxylic acids is 1. The summed E-state index contributed by atoms with van der Waals surface area (Å²) < 4.78 is 27.3. The molecule has 0 spiro atoms. The molecule has 11 nitrogen and oxygen atoms in total. The lowest BCUT2D eigenvalue weighted by molar-refractivity contribution is -0.135. The Hall–Kier alpha value is -3.41. The number of rotatable bonds is 5. The fraction of sp³-hybridized carbons (Fsp3) is 0.294. The molecule has 2 amide bonds. The average molecular weight is 423 g/mol. The lowest BCUT2D eigenvalue weighted by Crippen LogP contribution is -2.35. The maximum absolute atomic E-state index is 12.8. The molecule has 1 saturated heterocycles. The second-order valence-electron chi connectivity index (χ2n) is 6.42. The number of hydrogen-bond acceptors (Lipinski definition) is 7. The van der Waals surface area contributed by atoms with E-state index in [-0.39, 0.29) is 28.8 Å². The van der Waals surface area contributed by atoms with Gasteiger partial charge in [-0.3, -0.25) is 19.2 Å². The number of carboxylic acid groups (broad SMARTS) is 1. The smallest absolute Gasteiger partial charge is 0.322 e. The summed E-state index contributed by atoms with van der Waals surface area (Å²) >= 11 is 0. The van der Waals surface area contributed by atoms with Gasteiger partial charge in [0.1, 0.15) is 17.9 Å². The van der Waals surface area contributed by atoms with E-state index in [0.717, 1.165) is 14.9 Å². The molecule has 3 N–H and O–H groups in total. The van der Waals surface area contributed by atoms with Crippen molar-refractivity contribution in [1.29, 1.82) is 0 Å². The molecule has 1 aliphatic rings. The predicted octanol–water partition coefficient (Wildman–Crippen LogP) is -0.630. The van der Waals surface area contributed by atoms with Crippen LogP contribution in [0.5, 0.6) is 5.75 Å². The van der Waals surface area contributed by atoms with Crippen LogP contribution in [0.15, 0.2) is 27.9 Å². The van der Waals surface area contributed by atoms with E-state index in [2.05, 4.69) is 0 Å². The quantitative estimate of drug-likeness (QED) is 0.572. The highest BCUT2D eigenvalue weighted by Crippen LogP contribution is 2.30. The fourth-order valence-corrected chi connectivity index (χ4v) is 4.61. The molecule has 3 rings (SSSR count). The van der Waals surface area contributed by atoms with Crippen molar-refractivity contribution in [2.45, 2.75) is 17.7 Å². The van der Waals surface area contributed by atoms with Gasteiger partial charge in [0.2, 0.25) is 5.91 Å². The van der Waals surface area contributed by atoms with Gasteiger partial charge in [-0.2, -0.15) is 0 Å². The third-order valence-corrected chi connectivity index (χ3v) is 6.40. The fourth-order valence-electron chi connectivity index (χ4n) is 3.12. The third kappa shape index (κ3) is 3.42. The first-order valence-corrected chi connectivity index (χ1v) is 9.91. The number of sulfonamides is 1. The molecule has 1 aliphatic heterocycles. The number of nitrogens with one attached hydrogen (secondary N) is 1. The lowest BCUT2D eigenvalue weighted by atomic mass is 10.1. The number of benzene rings is 1. The maximum atomic E-state index is 12.8. The van der Waals surface area contributed by atoms with Crippen molar-refractivity contribution < 1.29 is 33.0 Å². The predicted molar refractivity (Wildman–Crippen MR) is 99.0 cm³/mol. The van der Waals surface area contributed by atoms with Crippen molar-refractivity contribution in [3.05, 3.63) is 34.1 Å². The average Bonchev–Trinajstić information content (AvgIpc) is 3.11. The van der Waals surface area contributed by atoms with Crippen LogP contribution in [0.25, 0.3) is 10.9 Å². The van der Waals surface area contributed by atoms with Crippen LogP contribution < -0.4 is 10.9 Å². The van der Waals surface area contributed by atoms with E-state index in [1.807, 2.05) is 5.32 Å². The molecule has 0 radical (unpaired) electrons. The van der Waals surface area contributed by atoms with Gasteiger partial charge < -0.3 is 20.1 Å². The number of aromatic hydroxyl groups is 1. The van der Waals surface area contributed by atoms with E-state index in [1.165, 1.54) is 19.2 Å². The van der Waals surface area contributed by atoms with Gasteiger partial charge in [0.15, 0.2) is 0 Å². The van der Waals surface area contributed by atoms with Crippen molar-refractivity contribution in [2.75, 3.05) is 13.1 Å². The number of hydrogen-bond donors (Lipinski definition) is 3. The zero-order chi connectivity index (χ0) is 21.5. The van der Waals surface area contributed by atoms with E-state index >= 15 is 0 Å². The molecular formula is C17H17N3O8S. The van der Waals surface area contributed by atoms with Gasteiger partial charge in [-0.25, -0.2) is 12.7 Å². The highest BCUT2D eigenvalue weighted by molar-refractivity contribution is 7.89. The van der Waals surface area contributed by atoms with E-state index in [9.17, 15) is 32.7 Å². The molecule has 0 aliphatic carbocycles. The lowest BCUT2D eigenvalue weighted by Gasteiger charge is -2.17. The molecule has 0 unspecified atom stereocenters. The molecule has 154 valence electrons. The van der Waals surface area contributed by atoms with Crippen molar-refractivity contribution in [3.8, 4) is 5.75 Å². The molecule has 0 saturated carbocycles. The zero-order valence-corrected chi connectivity index (χ0v) is 16.0. The Balaban J connectivity index is 2.17. The second kappa shape index (κ2) is 7.20. The number of amides is 2. The van der Waals surface area contributed by atoms with Crippen LogP contribution in [0.3, 0.4) is 0 Å². The molecule has 1 aromatic heterocycles. The number of aryl methyl sites for hydroxylation is 1. The van der Waals surface area contributed by atoms with E-state index in [1.54, 1.807) is 0 Å². The van der Waals surface area contributed by atoms with Gasteiger partial charge in [-0.15, -0.1) is 0 Å². The number of fused-ring (bicyclic) bond motifs is 1. The number of carboxylic acids is 1. The number of aromatic nitrogens is 1. The summed E-state index contributed by atoms with van der Waals surface area (Å²) in [6.45, 7) is -0.730. The monoisotopic (exact) mass is 423 g/mol. The standard InChI is InChI=1S/C17H17N3O8S/c1-19-11-5-4-9(29(27,28)20-6-2-3-12(20)21)7-10(11)15(24)14(17(19)26)16(25)18-8-13(22)23/h4-5,7,24H,2-3,6,8H2,1H3,(H,18,25)(H,22,23). The minimum absolute atomic E-state index is 0.0430. The highest BCUT2D eigenvalue weighted by Gasteiger charge is 2.33. The van der Waals surface area contributed by atoms with Crippen LogP contribution in [0.2, 0.25) is 0 Å². The van der Waals surface area contributed by atoms with Crippen molar-refractivity contribution in [3.63, 3.8) is 0 Å². The van der Waals surface area contributed by atoms with Gasteiger partial charge in [0.25, 0.3) is 21.5 Å². The van der Waals surface area contributed by atoms with Crippen LogP contribution in [-0.4, -0.2) is 58.4 Å². The summed E-state index contributed by atoms with van der Waals surface area (Å²) in [5.41, 5.74) is -1.45. The van der Waals surface area contributed by atoms with Gasteiger partial charge in [-0.1, -0.05) is 0 Å². The molecule has 0 atom stereocenters. The molecular weight excluding hydrogens is 406 g/mol. The summed E-state index contributed by atoms with van der Waals surface area (Å²) in [6, 6.07) is 3.55. The first-order valence-electron chi connectivity index (χ1n) is 8.47. The molecule has 1 aromatic carbocycles. The first-order chi connectivity index (χ1) is 13.6. The topological polar surface area (TPSA) is 163 Å². The molecule has 2 aromatic rings. The summed E-state index contributed by atoms with van der Waals surface area (Å²) in [5, 5.41) is 21.0. The second-order valence-corrected chi connectivity index (χ2v) is 8.28. The Morgan fingerprint density at radius 3 is 2.52 bits per heavy atom. The number of pyridine rings is 1. The Bertz CT molecular complexity index is 1220. The van der Waals surface area contributed by atoms with Crippen molar-refractivity contribution >= 4 is 38.7 Å². The summed E-state index contributed by atoms with van der Waals surface area (Å²) in [7, 11) is -2.85. The van der Waals surface area contributed by atoms with Crippen LogP contribution in [0.4, 0.5) is 0 Å². The molecule has 0 bridgehead atoms. The maximum Gasteiger partial charge on any atom is 0.322 e. The molecule has 12 heteroatoms. The molecule has 2 heterocycles. The SMILES string of the molecule is Cn1c(=O)c(C(=O)NCC(=O)O)c(O)c2cc(S(=O)(=O)N3CCCC3=O)ccc21. The summed E-state index contributed by atoms with van der Waals surface area (Å²) in [5.74, 6) is -3.78. The van der Waals surface area contributed by atoms with Gasteiger partial charge in [0, 0.05) is 25.4 Å².